The first-order valence-corrected chi connectivity index (χ1v) is 5.20. The lowest BCUT2D eigenvalue weighted by Gasteiger charge is -2.19. The van der Waals surface area contributed by atoms with Crippen LogP contribution < -0.4 is 4.74 Å². The van der Waals surface area contributed by atoms with Crippen LogP contribution in [0.3, 0.4) is 0 Å². The molecule has 0 heterocycles. The summed E-state index contributed by atoms with van der Waals surface area (Å²) in [6.07, 6.45) is -1.69. The molecule has 2 atom stereocenters. The van der Waals surface area contributed by atoms with Crippen LogP contribution in [0.15, 0.2) is 24.3 Å². The second-order valence-electron chi connectivity index (χ2n) is 3.62. The molecule has 0 saturated carbocycles. The summed E-state index contributed by atoms with van der Waals surface area (Å²) in [5.41, 5.74) is 0. The molecule has 0 radical (unpaired) electrons. The van der Waals surface area contributed by atoms with Crippen molar-refractivity contribution in [2.75, 3.05) is 7.11 Å². The number of methoxy groups -OCH3 is 1. The molecule has 0 aliphatic rings. The molecule has 0 spiro atoms. The number of halogens is 1. The first kappa shape index (κ1) is 13.4. The van der Waals surface area contributed by atoms with Gasteiger partial charge >= 0.3 is 5.97 Å². The zero-order valence-corrected chi connectivity index (χ0v) is 9.72. The molecule has 1 rings (SSSR count). The Kier molecular flexibility index (Phi) is 4.90. The number of hydrogen-bond acceptors (Lipinski definition) is 4. The van der Waals surface area contributed by atoms with E-state index in [4.69, 9.17) is 4.74 Å². The van der Waals surface area contributed by atoms with Crippen molar-refractivity contribution in [1.82, 2.24) is 0 Å². The van der Waals surface area contributed by atoms with Crippen molar-refractivity contribution >= 4 is 5.97 Å². The molecule has 0 aliphatic heterocycles. The Morgan fingerprint density at radius 1 is 1.41 bits per heavy atom. The minimum absolute atomic E-state index is 0.140. The fourth-order valence-corrected chi connectivity index (χ4v) is 1.23. The number of esters is 1. The maximum atomic E-state index is 12.6. The minimum Gasteiger partial charge on any atom is -0.488 e. The third-order valence-electron chi connectivity index (χ3n) is 2.28. The maximum absolute atomic E-state index is 12.6. The summed E-state index contributed by atoms with van der Waals surface area (Å²) in [4.78, 5) is 10.9. The molecule has 0 saturated heterocycles. The Labute approximate surface area is 99.0 Å². The van der Waals surface area contributed by atoms with E-state index in [9.17, 15) is 14.3 Å². The van der Waals surface area contributed by atoms with E-state index < -0.39 is 18.2 Å². The third-order valence-corrected chi connectivity index (χ3v) is 2.28. The van der Waals surface area contributed by atoms with Crippen molar-refractivity contribution < 1.29 is 23.8 Å². The fourth-order valence-electron chi connectivity index (χ4n) is 1.23. The van der Waals surface area contributed by atoms with Crippen molar-refractivity contribution in [2.45, 2.75) is 25.6 Å². The molecule has 4 nitrogen and oxygen atoms in total. The van der Waals surface area contributed by atoms with Crippen molar-refractivity contribution in [3.63, 3.8) is 0 Å². The van der Waals surface area contributed by atoms with Gasteiger partial charge in [0, 0.05) is 0 Å². The van der Waals surface area contributed by atoms with E-state index in [-0.39, 0.29) is 12.2 Å². The van der Waals surface area contributed by atoms with Gasteiger partial charge in [0.2, 0.25) is 0 Å². The average Bonchev–Trinajstić information content (AvgIpc) is 2.31. The Morgan fingerprint density at radius 3 is 2.53 bits per heavy atom. The van der Waals surface area contributed by atoms with Gasteiger partial charge in [-0.1, -0.05) is 0 Å². The fraction of sp³-hybridized carbons (Fsp3) is 0.417. The predicted octanol–water partition coefficient (Wildman–Crippen LogP) is 1.52. The summed E-state index contributed by atoms with van der Waals surface area (Å²) >= 11 is 0. The van der Waals surface area contributed by atoms with Gasteiger partial charge in [0.05, 0.1) is 13.5 Å². The first-order valence-electron chi connectivity index (χ1n) is 5.20. The lowest BCUT2D eigenvalue weighted by Crippen LogP contribution is -2.31. The molecular formula is C12H15FO4. The van der Waals surface area contributed by atoms with Crippen LogP contribution >= 0.6 is 0 Å². The van der Waals surface area contributed by atoms with Gasteiger partial charge in [-0.15, -0.1) is 0 Å². The number of carbonyl (C=O) groups is 1. The highest BCUT2D eigenvalue weighted by Crippen LogP contribution is 2.15. The summed E-state index contributed by atoms with van der Waals surface area (Å²) in [5.74, 6) is -0.435. The van der Waals surface area contributed by atoms with Crippen LogP contribution in [0, 0.1) is 5.82 Å². The molecule has 0 aromatic heterocycles. The van der Waals surface area contributed by atoms with Gasteiger partial charge < -0.3 is 14.6 Å². The van der Waals surface area contributed by atoms with Gasteiger partial charge in [-0.25, -0.2) is 4.39 Å². The molecule has 1 aromatic rings. The van der Waals surface area contributed by atoms with E-state index in [1.165, 1.54) is 31.4 Å². The van der Waals surface area contributed by atoms with Crippen molar-refractivity contribution in [1.29, 1.82) is 0 Å². The second-order valence-corrected chi connectivity index (χ2v) is 3.62. The molecule has 2 unspecified atom stereocenters. The standard InChI is InChI=1S/C12H15FO4/c1-8(11(14)7-12(15)16-2)17-10-5-3-9(13)4-6-10/h3-6,8,11,14H,7H2,1-2H3. The van der Waals surface area contributed by atoms with Gasteiger partial charge in [0.25, 0.3) is 0 Å². The van der Waals surface area contributed by atoms with Gasteiger partial charge in [0.15, 0.2) is 0 Å². The number of aliphatic hydroxyl groups is 1. The van der Waals surface area contributed by atoms with E-state index >= 15 is 0 Å². The third kappa shape index (κ3) is 4.40. The van der Waals surface area contributed by atoms with Gasteiger partial charge in [-0.3, -0.25) is 4.79 Å². The summed E-state index contributed by atoms with van der Waals surface area (Å²) in [6.45, 7) is 1.62. The van der Waals surface area contributed by atoms with Crippen LogP contribution in [0.2, 0.25) is 0 Å². The lowest BCUT2D eigenvalue weighted by atomic mass is 10.1. The monoisotopic (exact) mass is 242 g/mol. The Hall–Kier alpha value is -1.62. The number of hydrogen-bond donors (Lipinski definition) is 1. The van der Waals surface area contributed by atoms with E-state index in [1.54, 1.807) is 6.92 Å². The predicted molar refractivity (Wildman–Crippen MR) is 59.1 cm³/mol. The average molecular weight is 242 g/mol. The minimum atomic E-state index is -0.965. The van der Waals surface area contributed by atoms with Crippen LogP contribution in [0.1, 0.15) is 13.3 Å². The summed E-state index contributed by atoms with van der Waals surface area (Å²) in [7, 11) is 1.25. The molecule has 1 N–H and O–H groups in total. The molecule has 1 aromatic carbocycles. The van der Waals surface area contributed by atoms with Gasteiger partial charge in [-0.2, -0.15) is 0 Å². The molecule has 0 fully saturated rings. The quantitative estimate of drug-likeness (QED) is 0.795. The highest BCUT2D eigenvalue weighted by atomic mass is 19.1. The molecule has 17 heavy (non-hydrogen) atoms. The summed E-state index contributed by atoms with van der Waals surface area (Å²) in [5, 5.41) is 9.64. The lowest BCUT2D eigenvalue weighted by molar-refractivity contribution is -0.144. The molecule has 94 valence electrons. The van der Waals surface area contributed by atoms with Crippen molar-refractivity contribution in [3.8, 4) is 5.75 Å². The van der Waals surface area contributed by atoms with Crippen molar-refractivity contribution in [2.24, 2.45) is 0 Å². The van der Waals surface area contributed by atoms with E-state index in [1.807, 2.05) is 0 Å². The number of carbonyl (C=O) groups excluding carboxylic acids is 1. The second kappa shape index (κ2) is 6.20. The van der Waals surface area contributed by atoms with E-state index in [2.05, 4.69) is 4.74 Å². The zero-order chi connectivity index (χ0) is 12.8. The number of ether oxygens (including phenoxy) is 2. The van der Waals surface area contributed by atoms with E-state index in [0.717, 1.165) is 0 Å². The SMILES string of the molecule is COC(=O)CC(O)C(C)Oc1ccc(F)cc1. The van der Waals surface area contributed by atoms with Gasteiger partial charge in [-0.05, 0) is 31.2 Å². The van der Waals surface area contributed by atoms with Crippen molar-refractivity contribution in [3.05, 3.63) is 30.1 Å². The van der Waals surface area contributed by atoms with E-state index in [0.29, 0.717) is 5.75 Å². The Morgan fingerprint density at radius 2 is 2.00 bits per heavy atom. The molecule has 0 bridgehead atoms. The van der Waals surface area contributed by atoms with Crippen LogP contribution in [0.25, 0.3) is 0 Å². The van der Waals surface area contributed by atoms with Gasteiger partial charge in [0.1, 0.15) is 23.8 Å². The topological polar surface area (TPSA) is 55.8 Å². The number of rotatable bonds is 5. The molecular weight excluding hydrogens is 227 g/mol. The highest BCUT2D eigenvalue weighted by molar-refractivity contribution is 5.69. The van der Waals surface area contributed by atoms with Crippen LogP contribution in [-0.2, 0) is 9.53 Å². The molecule has 0 amide bonds. The first-order chi connectivity index (χ1) is 8.02. The highest BCUT2D eigenvalue weighted by Gasteiger charge is 2.19. The Balaban J connectivity index is 2.50. The Bertz CT molecular complexity index is 363. The smallest absolute Gasteiger partial charge is 0.308 e. The molecule has 5 heteroatoms. The molecule has 0 aliphatic carbocycles. The summed E-state index contributed by atoms with van der Waals surface area (Å²) < 4.78 is 22.4. The number of benzene rings is 1. The number of aliphatic hydroxyl groups excluding tert-OH is 1. The van der Waals surface area contributed by atoms with Crippen LogP contribution in [0.5, 0.6) is 5.75 Å². The maximum Gasteiger partial charge on any atom is 0.308 e. The van der Waals surface area contributed by atoms with Crippen LogP contribution in [0.4, 0.5) is 4.39 Å². The zero-order valence-electron chi connectivity index (χ0n) is 9.72. The summed E-state index contributed by atoms with van der Waals surface area (Å²) in [6, 6.07) is 5.43. The van der Waals surface area contributed by atoms with Crippen LogP contribution in [-0.4, -0.2) is 30.4 Å². The normalized spacial score (nSPS) is 13.9. The largest absolute Gasteiger partial charge is 0.488 e.